The molecule has 0 aliphatic heterocycles. The van der Waals surface area contributed by atoms with Gasteiger partial charge in [-0.15, -0.1) is 0 Å². The zero-order chi connectivity index (χ0) is 67.5. The number of unbranched alkanes of at least 4 members (excludes halogenated alkanes) is 16. The lowest BCUT2D eigenvalue weighted by molar-refractivity contribution is -0.142. The largest absolute Gasteiger partial charge is 0.508 e. The Morgan fingerprint density at radius 3 is 1.70 bits per heavy atom. The Bertz CT molecular complexity index is 2380. The SMILES string of the molecule is CCCCCC(=O)C[C@@H](CCCCNC(=O)COCCOCCCC(=O)COCCOCCNC(=O)CC[C@H](NC(=O)CCCCCCCCCCCCCCCS(=O)(=O)O)C(=O)O)C(=O)C(C)[C@@H](CCCCC(=N)N)C(=O)N[C@@H](Cc1ccc(O)cc1)C(N)=O. The molecule has 25 nitrogen and oxygen atoms in total. The number of Topliss-reactive ketones (excluding diaryl/α,β-unsaturated/α-hetero) is 3. The van der Waals surface area contributed by atoms with Crippen molar-refractivity contribution in [2.75, 3.05) is 71.7 Å². The number of hydrogen-bond donors (Lipinski definition) is 10. The minimum Gasteiger partial charge on any atom is -0.508 e. The number of phenolic OH excluding ortho intramolecular Hbond substituents is 1. The van der Waals surface area contributed by atoms with Crippen molar-refractivity contribution in [1.29, 1.82) is 5.41 Å². The van der Waals surface area contributed by atoms with Crippen molar-refractivity contribution in [2.45, 2.75) is 225 Å². The minimum absolute atomic E-state index is 0.00198. The Labute approximate surface area is 540 Å². The fourth-order valence-electron chi connectivity index (χ4n) is 10.2. The molecule has 0 spiro atoms. The third kappa shape index (κ3) is 46.7. The Morgan fingerprint density at radius 1 is 0.549 bits per heavy atom. The number of rotatable bonds is 62. The van der Waals surface area contributed by atoms with Crippen LogP contribution in [0.1, 0.15) is 212 Å². The van der Waals surface area contributed by atoms with Gasteiger partial charge in [0.05, 0.1) is 44.6 Å². The van der Waals surface area contributed by atoms with Gasteiger partial charge in [0.25, 0.3) is 10.1 Å². The van der Waals surface area contributed by atoms with E-state index in [1.165, 1.54) is 12.1 Å². The normalized spacial score (nSPS) is 13.1. The first-order valence-electron chi connectivity index (χ1n) is 33.1. The number of aliphatic carboxylic acids is 1. The second-order valence-corrected chi connectivity index (χ2v) is 25.2. The van der Waals surface area contributed by atoms with E-state index < -0.39 is 57.7 Å². The molecule has 0 aromatic heterocycles. The van der Waals surface area contributed by atoms with Crippen molar-refractivity contribution in [3.05, 3.63) is 29.8 Å². The molecule has 91 heavy (non-hydrogen) atoms. The number of aromatic hydroxyl groups is 1. The van der Waals surface area contributed by atoms with Gasteiger partial charge < -0.3 is 61.9 Å². The molecule has 0 bridgehead atoms. The zero-order valence-corrected chi connectivity index (χ0v) is 55.2. The Kier molecular flexibility index (Phi) is 48.0. The summed E-state index contributed by atoms with van der Waals surface area (Å²) in [4.78, 5) is 115. The fourth-order valence-corrected chi connectivity index (χ4v) is 10.8. The van der Waals surface area contributed by atoms with Crippen molar-refractivity contribution in [1.82, 2.24) is 21.3 Å². The van der Waals surface area contributed by atoms with Gasteiger partial charge in [-0.25, -0.2) is 4.79 Å². The van der Waals surface area contributed by atoms with E-state index in [4.69, 9.17) is 40.4 Å². The molecule has 26 heteroatoms. The molecule has 0 fully saturated rings. The summed E-state index contributed by atoms with van der Waals surface area (Å²) in [6, 6.07) is 3.88. The molecule has 5 amide bonds. The van der Waals surface area contributed by atoms with Crippen LogP contribution in [-0.4, -0.2) is 166 Å². The van der Waals surface area contributed by atoms with E-state index in [-0.39, 0.29) is 150 Å². The monoisotopic (exact) mass is 1310 g/mol. The first kappa shape index (κ1) is 83.1. The van der Waals surface area contributed by atoms with Crippen LogP contribution in [0.3, 0.4) is 0 Å². The van der Waals surface area contributed by atoms with Crippen molar-refractivity contribution in [2.24, 2.45) is 29.2 Å². The van der Waals surface area contributed by atoms with Gasteiger partial charge >= 0.3 is 5.97 Å². The summed E-state index contributed by atoms with van der Waals surface area (Å²) < 4.78 is 52.1. The van der Waals surface area contributed by atoms with E-state index in [9.17, 15) is 61.8 Å². The van der Waals surface area contributed by atoms with Crippen molar-refractivity contribution < 1.29 is 85.3 Å². The number of carbonyl (C=O) groups is 9. The fraction of sp³-hybridized carbons (Fsp3) is 0.754. The Hall–Kier alpha value is -5.93. The van der Waals surface area contributed by atoms with Crippen LogP contribution in [0.2, 0.25) is 0 Å². The molecule has 0 radical (unpaired) electrons. The molecule has 0 heterocycles. The summed E-state index contributed by atoms with van der Waals surface area (Å²) in [7, 11) is -3.86. The van der Waals surface area contributed by atoms with Crippen LogP contribution in [0.25, 0.3) is 0 Å². The first-order valence-corrected chi connectivity index (χ1v) is 34.7. The van der Waals surface area contributed by atoms with Crippen molar-refractivity contribution in [3.63, 3.8) is 0 Å². The number of hydrogen-bond acceptors (Lipinski definition) is 17. The van der Waals surface area contributed by atoms with Gasteiger partial charge in [0.1, 0.15) is 42.6 Å². The number of benzene rings is 1. The van der Waals surface area contributed by atoms with Crippen molar-refractivity contribution >= 4 is 68.8 Å². The first-order chi connectivity index (χ1) is 43.5. The van der Waals surface area contributed by atoms with Gasteiger partial charge in [0.15, 0.2) is 5.78 Å². The summed E-state index contributed by atoms with van der Waals surface area (Å²) >= 11 is 0. The van der Waals surface area contributed by atoms with E-state index in [2.05, 4.69) is 21.3 Å². The van der Waals surface area contributed by atoms with Crippen LogP contribution in [0.15, 0.2) is 24.3 Å². The molecule has 0 saturated heterocycles. The number of ether oxygens (including phenoxy) is 4. The van der Waals surface area contributed by atoms with E-state index in [1.807, 2.05) is 6.92 Å². The van der Waals surface area contributed by atoms with Crippen LogP contribution in [-0.2, 0) is 78.6 Å². The second kappa shape index (κ2) is 52.5. The van der Waals surface area contributed by atoms with Crippen LogP contribution >= 0.6 is 0 Å². The molecular formula is C65H111N7O18S. The number of phenols is 1. The third-order valence-electron chi connectivity index (χ3n) is 15.5. The summed E-state index contributed by atoms with van der Waals surface area (Å²) in [5.41, 5.74) is 11.9. The summed E-state index contributed by atoms with van der Waals surface area (Å²) in [6.45, 7) is 5.03. The van der Waals surface area contributed by atoms with Gasteiger partial charge in [-0.2, -0.15) is 8.42 Å². The Morgan fingerprint density at radius 2 is 1.10 bits per heavy atom. The zero-order valence-electron chi connectivity index (χ0n) is 54.4. The number of carboxylic acid groups (broad SMARTS) is 1. The molecule has 1 unspecified atom stereocenters. The molecule has 1 aromatic rings. The third-order valence-corrected chi connectivity index (χ3v) is 16.3. The molecular weight excluding hydrogens is 1200 g/mol. The number of ketones is 3. The maximum atomic E-state index is 14.3. The number of primary amides is 1. The molecule has 1 aromatic carbocycles. The lowest BCUT2D eigenvalue weighted by atomic mass is 9.77. The summed E-state index contributed by atoms with van der Waals surface area (Å²) in [5.74, 6) is -6.50. The van der Waals surface area contributed by atoms with E-state index in [0.717, 1.165) is 83.5 Å². The average Bonchev–Trinajstić information content (AvgIpc) is 1.32. The van der Waals surface area contributed by atoms with Gasteiger partial charge in [-0.1, -0.05) is 122 Å². The maximum Gasteiger partial charge on any atom is 0.326 e. The van der Waals surface area contributed by atoms with Crippen LogP contribution in [0, 0.1) is 23.2 Å². The molecule has 12 N–H and O–H groups in total. The molecule has 520 valence electrons. The van der Waals surface area contributed by atoms with Gasteiger partial charge in [0.2, 0.25) is 29.5 Å². The van der Waals surface area contributed by atoms with Gasteiger partial charge in [0, 0.05) is 82.4 Å². The Balaban J connectivity index is 2.28. The van der Waals surface area contributed by atoms with Crippen molar-refractivity contribution in [3.8, 4) is 5.75 Å². The number of amides is 5. The number of nitrogens with one attached hydrogen (secondary N) is 5. The number of nitrogens with two attached hydrogens (primary N) is 2. The summed E-state index contributed by atoms with van der Waals surface area (Å²) in [6.07, 6.45) is 19.1. The van der Waals surface area contributed by atoms with E-state index >= 15 is 0 Å². The minimum atomic E-state index is -3.86. The number of carbonyl (C=O) groups excluding carboxylic acids is 8. The second-order valence-electron chi connectivity index (χ2n) is 23.6. The highest BCUT2D eigenvalue weighted by atomic mass is 32.2. The predicted molar refractivity (Wildman–Crippen MR) is 345 cm³/mol. The maximum absolute atomic E-state index is 14.3. The van der Waals surface area contributed by atoms with Crippen LogP contribution < -0.4 is 32.7 Å². The smallest absolute Gasteiger partial charge is 0.326 e. The topological polar surface area (TPSA) is 409 Å². The summed E-state index contributed by atoms with van der Waals surface area (Å²) in [5, 5.41) is 37.6. The molecule has 0 aliphatic carbocycles. The van der Waals surface area contributed by atoms with Crippen LogP contribution in [0.4, 0.5) is 0 Å². The van der Waals surface area contributed by atoms with Gasteiger partial charge in [-0.3, -0.25) is 48.3 Å². The highest BCUT2D eigenvalue weighted by Crippen LogP contribution is 2.28. The van der Waals surface area contributed by atoms with Crippen LogP contribution in [0.5, 0.6) is 5.75 Å². The molecule has 1 rings (SSSR count). The lowest BCUT2D eigenvalue weighted by Crippen LogP contribution is -2.49. The molecule has 0 aliphatic rings. The predicted octanol–water partition coefficient (Wildman–Crippen LogP) is 6.90. The quantitative estimate of drug-likeness (QED) is 0.0137. The van der Waals surface area contributed by atoms with Gasteiger partial charge in [-0.05, 0) is 75.5 Å². The highest BCUT2D eigenvalue weighted by Gasteiger charge is 2.36. The number of carboxylic acids is 1. The molecule has 0 saturated carbocycles. The standard InChI is InChI=1S/C65H111N7O18S/c1-3-4-16-25-53(74)46-51(62(79)49(2)55(27-18-19-28-58(66)67)64(81)72-57(63(68)80)45-50-30-32-52(73)33-31-50)24-20-21-36-69-61(78)48-90-43-40-87-38-23-26-54(75)47-89-42-41-88-39-37-70-59(76)35-34-56(65(82)83)71-60(77)29-17-14-12-10-8-6-5-7-9-11-13-15-22-44-91(84,85)86/h30-33,49,51,55-57,73H,3-29,34-48H2,1-2H3,(H3,66,67)(H2,68,80)(H,69,78)(H,70,76)(H,71,77)(H,72,81)(H,82,83)(H,84,85,86)/t49?,51-,55-,56+,57+/m1/s1. The highest BCUT2D eigenvalue weighted by molar-refractivity contribution is 7.85. The molecule has 5 atom stereocenters. The van der Waals surface area contributed by atoms with E-state index in [1.54, 1.807) is 19.1 Å². The average molecular weight is 1310 g/mol. The lowest BCUT2D eigenvalue weighted by Gasteiger charge is -2.28. The van der Waals surface area contributed by atoms with E-state index in [0.29, 0.717) is 89.3 Å². The number of amidine groups is 1.